The minimum atomic E-state index is -0.167. The highest BCUT2D eigenvalue weighted by Gasteiger charge is 2.12. The predicted octanol–water partition coefficient (Wildman–Crippen LogP) is 4.76. The zero-order valence-electron chi connectivity index (χ0n) is 11.0. The average molecular weight is 457 g/mol. The van der Waals surface area contributed by atoms with Gasteiger partial charge in [0.05, 0.1) is 5.56 Å². The van der Waals surface area contributed by atoms with Gasteiger partial charge in [-0.2, -0.15) is 0 Å². The lowest BCUT2D eigenvalue weighted by molar-refractivity contribution is 0.102. The molecule has 6 heteroatoms. The minimum absolute atomic E-state index is 0.167. The molecule has 0 aliphatic heterocycles. The van der Waals surface area contributed by atoms with Crippen LogP contribution in [0.4, 0.5) is 5.69 Å². The summed E-state index contributed by atoms with van der Waals surface area (Å²) in [6.07, 6.45) is 0. The summed E-state index contributed by atoms with van der Waals surface area (Å²) in [5, 5.41) is 2.87. The number of fused-ring (bicyclic) bond motifs is 1. The van der Waals surface area contributed by atoms with E-state index in [1.54, 1.807) is 25.1 Å². The van der Waals surface area contributed by atoms with Crippen LogP contribution in [0.25, 0.3) is 11.1 Å². The summed E-state index contributed by atoms with van der Waals surface area (Å²) in [4.78, 5) is 16.6. The van der Waals surface area contributed by atoms with Crippen molar-refractivity contribution in [2.75, 3.05) is 5.32 Å². The van der Waals surface area contributed by atoms with Crippen molar-refractivity contribution in [1.82, 2.24) is 4.98 Å². The lowest BCUT2D eigenvalue weighted by Crippen LogP contribution is -2.12. The van der Waals surface area contributed by atoms with E-state index in [0.717, 1.165) is 13.6 Å². The van der Waals surface area contributed by atoms with Crippen molar-refractivity contribution in [2.24, 2.45) is 0 Å². The van der Waals surface area contributed by atoms with E-state index in [9.17, 15) is 4.79 Å². The van der Waals surface area contributed by atoms with Crippen LogP contribution in [0.2, 0.25) is 0 Å². The Bertz CT molecular complexity index is 845. The lowest BCUT2D eigenvalue weighted by atomic mass is 10.2. The van der Waals surface area contributed by atoms with Gasteiger partial charge in [-0.25, -0.2) is 4.98 Å². The first-order valence-electron chi connectivity index (χ1n) is 6.16. The first kappa shape index (κ1) is 14.5. The number of anilines is 1. The molecule has 0 unspecified atom stereocenters. The van der Waals surface area contributed by atoms with E-state index in [2.05, 4.69) is 48.8 Å². The van der Waals surface area contributed by atoms with Crippen molar-refractivity contribution in [3.05, 3.63) is 55.9 Å². The van der Waals surface area contributed by atoms with Crippen molar-refractivity contribution in [1.29, 1.82) is 0 Å². The van der Waals surface area contributed by atoms with Crippen molar-refractivity contribution < 1.29 is 9.21 Å². The van der Waals surface area contributed by atoms with Crippen LogP contribution >= 0.6 is 38.5 Å². The Morgan fingerprint density at radius 1 is 1.29 bits per heavy atom. The second-order valence-electron chi connectivity index (χ2n) is 4.49. The molecule has 0 fully saturated rings. The van der Waals surface area contributed by atoms with E-state index in [1.165, 1.54) is 0 Å². The van der Waals surface area contributed by atoms with E-state index in [-0.39, 0.29) is 5.91 Å². The van der Waals surface area contributed by atoms with Gasteiger partial charge in [-0.05, 0) is 74.9 Å². The third kappa shape index (κ3) is 3.11. The predicted molar refractivity (Wildman–Crippen MR) is 93.6 cm³/mol. The lowest BCUT2D eigenvalue weighted by Gasteiger charge is -2.07. The number of carbonyl (C=O) groups excluding carboxylic acids is 1. The van der Waals surface area contributed by atoms with Gasteiger partial charge in [-0.15, -0.1) is 0 Å². The zero-order valence-corrected chi connectivity index (χ0v) is 14.7. The number of hydrogen-bond donors (Lipinski definition) is 1. The number of aromatic nitrogens is 1. The SMILES string of the molecule is Cc1nc2cc(NC(=O)c3cc(I)ccc3Br)ccc2o1. The number of rotatable bonds is 2. The molecule has 0 atom stereocenters. The molecule has 1 amide bonds. The monoisotopic (exact) mass is 456 g/mol. The number of amides is 1. The summed E-state index contributed by atoms with van der Waals surface area (Å²) in [7, 11) is 0. The quantitative estimate of drug-likeness (QED) is 0.566. The Hall–Kier alpha value is -1.41. The standard InChI is InChI=1S/C15H10BrIN2O2/c1-8-18-13-7-10(3-5-14(13)21-8)19-15(20)11-6-9(17)2-4-12(11)16/h2-7H,1H3,(H,19,20). The van der Waals surface area contributed by atoms with E-state index >= 15 is 0 Å². The van der Waals surface area contributed by atoms with E-state index < -0.39 is 0 Å². The van der Waals surface area contributed by atoms with Gasteiger partial charge in [0, 0.05) is 20.7 Å². The Balaban J connectivity index is 1.90. The molecule has 3 rings (SSSR count). The van der Waals surface area contributed by atoms with Gasteiger partial charge in [0.1, 0.15) is 5.52 Å². The van der Waals surface area contributed by atoms with Crippen LogP contribution in [-0.4, -0.2) is 10.9 Å². The summed E-state index contributed by atoms with van der Waals surface area (Å²) in [6, 6.07) is 11.0. The molecule has 0 saturated carbocycles. The normalized spacial score (nSPS) is 10.8. The smallest absolute Gasteiger partial charge is 0.256 e. The first-order valence-corrected chi connectivity index (χ1v) is 8.04. The second-order valence-corrected chi connectivity index (χ2v) is 6.59. The minimum Gasteiger partial charge on any atom is -0.441 e. The fourth-order valence-corrected chi connectivity index (χ4v) is 2.91. The molecular weight excluding hydrogens is 447 g/mol. The number of nitrogens with one attached hydrogen (secondary N) is 1. The largest absolute Gasteiger partial charge is 0.441 e. The fourth-order valence-electron chi connectivity index (χ4n) is 1.99. The first-order chi connectivity index (χ1) is 10.0. The van der Waals surface area contributed by atoms with Crippen molar-refractivity contribution >= 4 is 61.2 Å². The third-order valence-corrected chi connectivity index (χ3v) is 4.29. The molecule has 3 aromatic rings. The third-order valence-electron chi connectivity index (χ3n) is 2.93. The van der Waals surface area contributed by atoms with Crippen LogP contribution in [0.5, 0.6) is 0 Å². The highest BCUT2D eigenvalue weighted by molar-refractivity contribution is 14.1. The van der Waals surface area contributed by atoms with Crippen LogP contribution in [0.1, 0.15) is 16.2 Å². The maximum absolute atomic E-state index is 12.3. The van der Waals surface area contributed by atoms with E-state index in [1.807, 2.05) is 18.2 Å². The average Bonchev–Trinajstić information content (AvgIpc) is 2.80. The highest BCUT2D eigenvalue weighted by atomic mass is 127. The van der Waals surface area contributed by atoms with Gasteiger partial charge >= 0.3 is 0 Å². The fraction of sp³-hybridized carbons (Fsp3) is 0.0667. The van der Waals surface area contributed by atoms with Crippen molar-refractivity contribution in [3.63, 3.8) is 0 Å². The molecule has 2 aromatic carbocycles. The summed E-state index contributed by atoms with van der Waals surface area (Å²) in [5.41, 5.74) is 2.72. The maximum atomic E-state index is 12.3. The number of nitrogens with zero attached hydrogens (tertiary/aromatic N) is 1. The molecule has 21 heavy (non-hydrogen) atoms. The summed E-state index contributed by atoms with van der Waals surface area (Å²) >= 11 is 5.57. The Morgan fingerprint density at radius 2 is 2.10 bits per heavy atom. The molecule has 4 nitrogen and oxygen atoms in total. The summed E-state index contributed by atoms with van der Waals surface area (Å²) in [6.45, 7) is 1.79. The number of halogens is 2. The molecular formula is C15H10BrIN2O2. The molecule has 106 valence electrons. The number of oxazole rings is 1. The molecule has 0 spiro atoms. The number of hydrogen-bond acceptors (Lipinski definition) is 3. The Morgan fingerprint density at radius 3 is 2.90 bits per heavy atom. The van der Waals surface area contributed by atoms with Crippen LogP contribution < -0.4 is 5.32 Å². The molecule has 1 N–H and O–H groups in total. The van der Waals surface area contributed by atoms with Crippen molar-refractivity contribution in [2.45, 2.75) is 6.92 Å². The van der Waals surface area contributed by atoms with Crippen molar-refractivity contribution in [3.8, 4) is 0 Å². The Labute approximate surface area is 143 Å². The molecule has 0 aliphatic rings. The maximum Gasteiger partial charge on any atom is 0.256 e. The topological polar surface area (TPSA) is 55.1 Å². The van der Waals surface area contributed by atoms with Gasteiger partial charge < -0.3 is 9.73 Å². The van der Waals surface area contributed by atoms with Gasteiger partial charge in [-0.3, -0.25) is 4.79 Å². The molecule has 1 heterocycles. The number of benzene rings is 2. The number of aryl methyl sites for hydroxylation is 1. The molecule has 0 saturated heterocycles. The summed E-state index contributed by atoms with van der Waals surface area (Å²) in [5.74, 6) is 0.439. The highest BCUT2D eigenvalue weighted by Crippen LogP contribution is 2.23. The van der Waals surface area contributed by atoms with Gasteiger partial charge in [0.25, 0.3) is 5.91 Å². The van der Waals surface area contributed by atoms with Crippen LogP contribution in [0.3, 0.4) is 0 Å². The molecule has 0 radical (unpaired) electrons. The van der Waals surface area contributed by atoms with Crippen LogP contribution in [0.15, 0.2) is 45.3 Å². The van der Waals surface area contributed by atoms with Gasteiger partial charge in [0.2, 0.25) is 0 Å². The number of carbonyl (C=O) groups is 1. The summed E-state index contributed by atoms with van der Waals surface area (Å²) < 4.78 is 7.18. The van der Waals surface area contributed by atoms with E-state index in [0.29, 0.717) is 22.7 Å². The second kappa shape index (κ2) is 5.76. The molecule has 0 bridgehead atoms. The van der Waals surface area contributed by atoms with E-state index in [4.69, 9.17) is 4.42 Å². The van der Waals surface area contributed by atoms with Gasteiger partial charge in [0.15, 0.2) is 11.5 Å². The zero-order chi connectivity index (χ0) is 15.0. The Kier molecular flexibility index (Phi) is 3.99. The molecule has 1 aromatic heterocycles. The van der Waals surface area contributed by atoms with Crippen LogP contribution in [0, 0.1) is 10.5 Å². The molecule has 0 aliphatic carbocycles. The van der Waals surface area contributed by atoms with Gasteiger partial charge in [-0.1, -0.05) is 0 Å². The van der Waals surface area contributed by atoms with Crippen LogP contribution in [-0.2, 0) is 0 Å².